The number of hydrogen-bond donors (Lipinski definition) is 2. The van der Waals surface area contributed by atoms with Gasteiger partial charge in [0, 0.05) is 23.1 Å². The van der Waals surface area contributed by atoms with Crippen molar-refractivity contribution in [3.8, 4) is 0 Å². The topological polar surface area (TPSA) is 61.7 Å². The van der Waals surface area contributed by atoms with E-state index >= 15 is 0 Å². The van der Waals surface area contributed by atoms with Crippen molar-refractivity contribution in [1.29, 1.82) is 0 Å². The van der Waals surface area contributed by atoms with E-state index < -0.39 is 0 Å². The molecular weight excluding hydrogens is 176 g/mol. The van der Waals surface area contributed by atoms with E-state index in [0.29, 0.717) is 6.42 Å². The summed E-state index contributed by atoms with van der Waals surface area (Å²) in [5.74, 6) is 0. The van der Waals surface area contributed by atoms with Crippen molar-refractivity contribution in [3.63, 3.8) is 0 Å². The first-order valence-corrected chi connectivity index (χ1v) is 4.70. The molecule has 1 unspecified atom stereocenters. The minimum absolute atomic E-state index is 0.223. The Morgan fingerprint density at radius 2 is 2.14 bits per heavy atom. The van der Waals surface area contributed by atoms with Crippen LogP contribution >= 0.6 is 0 Å². The Balaban J connectivity index is 2.33. The number of nitrogens with one attached hydrogen (secondary N) is 1. The fraction of sp³-hybridized carbons (Fsp3) is 0.273. The van der Waals surface area contributed by atoms with Crippen molar-refractivity contribution in [2.75, 3.05) is 6.61 Å². The number of aromatic nitrogens is 1. The second-order valence-corrected chi connectivity index (χ2v) is 3.49. The van der Waals surface area contributed by atoms with Gasteiger partial charge in [0.05, 0.1) is 6.61 Å². The molecular formula is C11H13N2O. The summed E-state index contributed by atoms with van der Waals surface area (Å²) >= 11 is 0. The van der Waals surface area contributed by atoms with Gasteiger partial charge in [0.15, 0.2) is 0 Å². The molecule has 0 aliphatic heterocycles. The second-order valence-electron chi connectivity index (χ2n) is 3.49. The SMILES string of the molecule is NC(C[O])Cc1c[nH]c2ccccc12. The summed E-state index contributed by atoms with van der Waals surface area (Å²) in [6.07, 6.45) is 2.58. The number of rotatable bonds is 3. The van der Waals surface area contributed by atoms with Crippen LogP contribution < -0.4 is 5.73 Å². The van der Waals surface area contributed by atoms with E-state index in [0.717, 1.165) is 16.5 Å². The molecule has 3 heteroatoms. The van der Waals surface area contributed by atoms with E-state index in [4.69, 9.17) is 5.73 Å². The highest BCUT2D eigenvalue weighted by Gasteiger charge is 2.07. The molecule has 1 aromatic heterocycles. The molecule has 0 aliphatic carbocycles. The molecule has 0 saturated carbocycles. The van der Waals surface area contributed by atoms with Gasteiger partial charge in [-0.05, 0) is 18.1 Å². The van der Waals surface area contributed by atoms with E-state index in [1.165, 1.54) is 0 Å². The van der Waals surface area contributed by atoms with Crippen LogP contribution in [0.1, 0.15) is 5.56 Å². The van der Waals surface area contributed by atoms with Gasteiger partial charge in [-0.15, -0.1) is 0 Å². The zero-order valence-corrected chi connectivity index (χ0v) is 7.86. The molecule has 73 valence electrons. The summed E-state index contributed by atoms with van der Waals surface area (Å²) in [5, 5.41) is 11.7. The molecule has 3 N–H and O–H groups in total. The molecule has 0 saturated heterocycles. The lowest BCUT2D eigenvalue weighted by molar-refractivity contribution is 0.173. The smallest absolute Gasteiger partial charge is 0.0976 e. The first-order chi connectivity index (χ1) is 6.81. The number of benzene rings is 1. The molecule has 1 atom stereocenters. The highest BCUT2D eigenvalue weighted by molar-refractivity contribution is 5.83. The molecule has 2 rings (SSSR count). The van der Waals surface area contributed by atoms with Gasteiger partial charge in [-0.2, -0.15) is 0 Å². The van der Waals surface area contributed by atoms with Crippen LogP contribution in [0.25, 0.3) is 10.9 Å². The van der Waals surface area contributed by atoms with Crippen molar-refractivity contribution in [2.24, 2.45) is 5.73 Å². The fourth-order valence-corrected chi connectivity index (χ4v) is 1.64. The number of H-pyrrole nitrogens is 1. The van der Waals surface area contributed by atoms with E-state index in [-0.39, 0.29) is 12.6 Å². The maximum atomic E-state index is 10.6. The minimum atomic E-state index is -0.283. The Hall–Kier alpha value is -1.32. The summed E-state index contributed by atoms with van der Waals surface area (Å²) in [5.41, 5.74) is 7.86. The highest BCUT2D eigenvalue weighted by atomic mass is 16.3. The summed E-state index contributed by atoms with van der Waals surface area (Å²) < 4.78 is 0. The van der Waals surface area contributed by atoms with Crippen LogP contribution in [-0.2, 0) is 11.5 Å². The van der Waals surface area contributed by atoms with Crippen LogP contribution in [0.2, 0.25) is 0 Å². The summed E-state index contributed by atoms with van der Waals surface area (Å²) in [6.45, 7) is -0.223. The fourth-order valence-electron chi connectivity index (χ4n) is 1.64. The molecule has 1 aromatic carbocycles. The van der Waals surface area contributed by atoms with Crippen molar-refractivity contribution in [2.45, 2.75) is 12.5 Å². The van der Waals surface area contributed by atoms with Gasteiger partial charge in [0.2, 0.25) is 0 Å². The summed E-state index contributed by atoms with van der Waals surface area (Å²) in [7, 11) is 0. The third kappa shape index (κ3) is 1.64. The molecule has 0 aliphatic rings. The molecule has 14 heavy (non-hydrogen) atoms. The first kappa shape index (κ1) is 9.24. The zero-order valence-electron chi connectivity index (χ0n) is 7.86. The quantitative estimate of drug-likeness (QED) is 0.754. The Morgan fingerprint density at radius 3 is 2.93 bits per heavy atom. The van der Waals surface area contributed by atoms with Crippen LogP contribution in [0, 0.1) is 0 Å². The van der Waals surface area contributed by atoms with Gasteiger partial charge in [-0.3, -0.25) is 0 Å². The predicted molar refractivity (Wildman–Crippen MR) is 55.5 cm³/mol. The molecule has 0 bridgehead atoms. The third-order valence-electron chi connectivity index (χ3n) is 2.37. The van der Waals surface area contributed by atoms with E-state index in [2.05, 4.69) is 4.98 Å². The van der Waals surface area contributed by atoms with Crippen molar-refractivity contribution < 1.29 is 5.11 Å². The normalized spacial score (nSPS) is 13.3. The number of aromatic amines is 1. The Morgan fingerprint density at radius 1 is 1.36 bits per heavy atom. The highest BCUT2D eigenvalue weighted by Crippen LogP contribution is 2.18. The van der Waals surface area contributed by atoms with Crippen LogP contribution in [0.3, 0.4) is 0 Å². The summed E-state index contributed by atoms with van der Waals surface area (Å²) in [4.78, 5) is 3.16. The van der Waals surface area contributed by atoms with Crippen LogP contribution in [0.4, 0.5) is 0 Å². The lowest BCUT2D eigenvalue weighted by atomic mass is 10.1. The first-order valence-electron chi connectivity index (χ1n) is 4.70. The molecule has 1 radical (unpaired) electrons. The van der Waals surface area contributed by atoms with Gasteiger partial charge in [0.25, 0.3) is 0 Å². The number of nitrogens with two attached hydrogens (primary N) is 1. The lowest BCUT2D eigenvalue weighted by Gasteiger charge is -2.04. The molecule has 2 aromatic rings. The monoisotopic (exact) mass is 189 g/mol. The average Bonchev–Trinajstić information content (AvgIpc) is 2.62. The van der Waals surface area contributed by atoms with Gasteiger partial charge < -0.3 is 10.7 Å². The van der Waals surface area contributed by atoms with E-state index in [1.807, 2.05) is 30.5 Å². The number of fused-ring (bicyclic) bond motifs is 1. The Labute approximate surface area is 82.6 Å². The van der Waals surface area contributed by atoms with Gasteiger partial charge >= 0.3 is 0 Å². The maximum absolute atomic E-state index is 10.6. The standard InChI is InChI=1S/C11H13N2O/c12-9(7-14)5-8-6-13-11-4-2-1-3-10(8)11/h1-4,6,9,13H,5,7,12H2. The van der Waals surface area contributed by atoms with E-state index in [1.54, 1.807) is 0 Å². The van der Waals surface area contributed by atoms with Crippen molar-refractivity contribution in [3.05, 3.63) is 36.0 Å². The Kier molecular flexibility index (Phi) is 2.52. The minimum Gasteiger partial charge on any atom is -0.361 e. The van der Waals surface area contributed by atoms with Crippen LogP contribution in [0.5, 0.6) is 0 Å². The largest absolute Gasteiger partial charge is 0.361 e. The van der Waals surface area contributed by atoms with Gasteiger partial charge in [0.1, 0.15) is 0 Å². The van der Waals surface area contributed by atoms with Crippen LogP contribution in [0.15, 0.2) is 30.5 Å². The summed E-state index contributed by atoms with van der Waals surface area (Å²) in [6, 6.07) is 7.74. The molecule has 3 nitrogen and oxygen atoms in total. The lowest BCUT2D eigenvalue weighted by Crippen LogP contribution is -2.26. The molecule has 1 heterocycles. The zero-order chi connectivity index (χ0) is 9.97. The molecule has 0 amide bonds. The average molecular weight is 189 g/mol. The number of hydrogen-bond acceptors (Lipinski definition) is 1. The third-order valence-corrected chi connectivity index (χ3v) is 2.37. The van der Waals surface area contributed by atoms with Gasteiger partial charge in [-0.1, -0.05) is 18.2 Å². The Bertz CT molecular complexity index is 422. The predicted octanol–water partition coefficient (Wildman–Crippen LogP) is 1.47. The maximum Gasteiger partial charge on any atom is 0.0976 e. The van der Waals surface area contributed by atoms with Crippen molar-refractivity contribution >= 4 is 10.9 Å². The van der Waals surface area contributed by atoms with Crippen LogP contribution in [-0.4, -0.2) is 17.6 Å². The van der Waals surface area contributed by atoms with Crippen molar-refractivity contribution in [1.82, 2.24) is 4.98 Å². The second kappa shape index (κ2) is 3.82. The van der Waals surface area contributed by atoms with Gasteiger partial charge in [-0.25, -0.2) is 5.11 Å². The molecule has 0 fully saturated rings. The van der Waals surface area contributed by atoms with E-state index in [9.17, 15) is 5.11 Å². The number of para-hydroxylation sites is 1. The molecule has 0 spiro atoms.